The first-order valence-corrected chi connectivity index (χ1v) is 13.7. The van der Waals surface area contributed by atoms with Crippen molar-refractivity contribution >= 4 is 5.91 Å². The Kier molecular flexibility index (Phi) is 8.53. The highest BCUT2D eigenvalue weighted by Gasteiger charge is 2.43. The van der Waals surface area contributed by atoms with Crippen LogP contribution in [0.25, 0.3) is 0 Å². The van der Waals surface area contributed by atoms with Gasteiger partial charge in [-0.1, -0.05) is 32.1 Å². The van der Waals surface area contributed by atoms with E-state index in [1.165, 1.54) is 32.1 Å². The fourth-order valence-electron chi connectivity index (χ4n) is 7.06. The lowest BCUT2D eigenvalue weighted by atomic mass is 9.63. The fraction of sp³-hybridized carbons (Fsp3) is 0.923. The predicted molar refractivity (Wildman–Crippen MR) is 134 cm³/mol. The molecular formula is C26H47N7O. The molecule has 2 aliphatic carbocycles. The van der Waals surface area contributed by atoms with E-state index in [0.29, 0.717) is 18.4 Å². The molecule has 4 rings (SSSR count). The molecule has 7 N–H and O–H groups in total. The summed E-state index contributed by atoms with van der Waals surface area (Å²) in [6.45, 7) is 6.61. The van der Waals surface area contributed by atoms with Gasteiger partial charge in [-0.3, -0.25) is 25.6 Å². The van der Waals surface area contributed by atoms with Gasteiger partial charge in [0.25, 0.3) is 0 Å². The molecule has 34 heavy (non-hydrogen) atoms. The number of nitriles is 1. The molecule has 0 aromatic heterocycles. The van der Waals surface area contributed by atoms with Gasteiger partial charge >= 0.3 is 0 Å². The molecule has 0 aromatic rings. The van der Waals surface area contributed by atoms with Crippen LogP contribution in [-0.2, 0) is 4.79 Å². The third-order valence-corrected chi connectivity index (χ3v) is 9.27. The number of piperidine rings is 1. The summed E-state index contributed by atoms with van der Waals surface area (Å²) in [7, 11) is 0. The molecule has 2 aliphatic heterocycles. The monoisotopic (exact) mass is 473 g/mol. The van der Waals surface area contributed by atoms with Crippen molar-refractivity contribution in [3.63, 3.8) is 0 Å². The van der Waals surface area contributed by atoms with Crippen LogP contribution in [0.1, 0.15) is 78.1 Å². The molecule has 7 atom stereocenters. The Labute approximate surface area is 205 Å². The van der Waals surface area contributed by atoms with Gasteiger partial charge in [0.1, 0.15) is 6.29 Å². The van der Waals surface area contributed by atoms with E-state index >= 15 is 0 Å². The normalized spacial score (nSPS) is 38.8. The van der Waals surface area contributed by atoms with Crippen LogP contribution in [0.4, 0.5) is 0 Å². The maximum Gasteiger partial charge on any atom is 0.224 e. The van der Waals surface area contributed by atoms with E-state index in [1.807, 2.05) is 0 Å². The number of nitrogens with zero attached hydrogens (tertiary/aromatic N) is 2. The van der Waals surface area contributed by atoms with Gasteiger partial charge in [-0.25, -0.2) is 0 Å². The van der Waals surface area contributed by atoms with Gasteiger partial charge in [-0.15, -0.1) is 0 Å². The summed E-state index contributed by atoms with van der Waals surface area (Å²) in [4.78, 5) is 14.7. The minimum absolute atomic E-state index is 0.0106. The Bertz CT molecular complexity index is 731. The van der Waals surface area contributed by atoms with Gasteiger partial charge in [-0.2, -0.15) is 5.26 Å². The molecule has 0 aromatic carbocycles. The maximum atomic E-state index is 12.3. The minimum Gasteiger partial charge on any atom is -0.369 e. The van der Waals surface area contributed by atoms with E-state index in [2.05, 4.69) is 40.8 Å². The van der Waals surface area contributed by atoms with E-state index < -0.39 is 0 Å². The lowest BCUT2D eigenvalue weighted by Crippen LogP contribution is -2.72. The highest BCUT2D eigenvalue weighted by molar-refractivity contribution is 5.77. The summed E-state index contributed by atoms with van der Waals surface area (Å²) >= 11 is 0. The molecule has 0 radical (unpaired) electrons. The summed E-state index contributed by atoms with van der Waals surface area (Å²) < 4.78 is 0. The summed E-state index contributed by atoms with van der Waals surface area (Å²) in [5.41, 5.74) is 11.7. The maximum absolute atomic E-state index is 12.3. The van der Waals surface area contributed by atoms with Gasteiger partial charge in [0.05, 0.1) is 23.6 Å². The van der Waals surface area contributed by atoms with Crippen LogP contribution < -0.4 is 27.4 Å². The van der Waals surface area contributed by atoms with Gasteiger partial charge in [0.15, 0.2) is 0 Å². The van der Waals surface area contributed by atoms with E-state index in [9.17, 15) is 10.1 Å². The summed E-state index contributed by atoms with van der Waals surface area (Å²) in [6.07, 6.45) is 11.9. The number of nitrogens with one attached hydrogen (secondary N) is 3. The Balaban J connectivity index is 1.48. The summed E-state index contributed by atoms with van der Waals surface area (Å²) in [5, 5.41) is 20.9. The average molecular weight is 474 g/mol. The van der Waals surface area contributed by atoms with Crippen LogP contribution in [0.5, 0.6) is 0 Å². The number of carbonyl (C=O) groups excluding carboxylic acids is 1. The molecule has 4 aliphatic rings. The largest absolute Gasteiger partial charge is 0.369 e. The number of nitrogens with two attached hydrogens (primary N) is 2. The Morgan fingerprint density at radius 3 is 2.53 bits per heavy atom. The molecule has 6 unspecified atom stereocenters. The lowest BCUT2D eigenvalue weighted by Gasteiger charge is -2.48. The van der Waals surface area contributed by atoms with Crippen LogP contribution in [0.3, 0.4) is 0 Å². The van der Waals surface area contributed by atoms with Crippen molar-refractivity contribution < 1.29 is 4.79 Å². The first-order chi connectivity index (χ1) is 16.3. The van der Waals surface area contributed by atoms with Crippen molar-refractivity contribution in [3.05, 3.63) is 0 Å². The fourth-order valence-corrected chi connectivity index (χ4v) is 7.06. The number of likely N-dealkylation sites (tertiary alicyclic amines) is 1. The van der Waals surface area contributed by atoms with E-state index in [1.54, 1.807) is 0 Å². The van der Waals surface area contributed by atoms with Crippen LogP contribution >= 0.6 is 0 Å². The Hall–Kier alpha value is -1.24. The third kappa shape index (κ3) is 6.11. The van der Waals surface area contributed by atoms with Crippen LogP contribution in [0, 0.1) is 40.4 Å². The van der Waals surface area contributed by atoms with Crippen LogP contribution in [0.15, 0.2) is 0 Å². The molecule has 2 saturated heterocycles. The molecule has 2 saturated carbocycles. The average Bonchev–Trinajstić information content (AvgIpc) is 2.84. The predicted octanol–water partition coefficient (Wildman–Crippen LogP) is 1.82. The van der Waals surface area contributed by atoms with Gasteiger partial charge < -0.3 is 11.5 Å². The highest BCUT2D eigenvalue weighted by Crippen LogP contribution is 2.46. The SMILES string of the molecule is CC(C)(C#N)C1CC(NC2NC(N3CCC[C@H](N)C3)NCC2C(N)=O)CC(C2CCCCC2)C1. The summed E-state index contributed by atoms with van der Waals surface area (Å²) in [5.74, 6) is 1.19. The number of amides is 1. The minimum atomic E-state index is -0.343. The zero-order chi connectivity index (χ0) is 24.3. The number of carbonyl (C=O) groups is 1. The standard InChI is InChI=1S/C26H47N7O/c1-26(2,16-27)19-11-18(17-7-4-3-5-8-17)12-21(13-19)31-24-22(23(29)34)14-30-25(32-24)33-10-6-9-20(28)15-33/h17-22,24-25,30-32H,3-15,28H2,1-2H3,(H2,29,34)/t18?,19?,20-,21?,22?,24?,25?/m0/s1. The lowest BCUT2D eigenvalue weighted by molar-refractivity contribution is -0.124. The second-order valence-corrected chi connectivity index (χ2v) is 12.1. The summed E-state index contributed by atoms with van der Waals surface area (Å²) in [6, 6.07) is 3.07. The smallest absolute Gasteiger partial charge is 0.224 e. The topological polar surface area (TPSA) is 132 Å². The molecule has 2 heterocycles. The van der Waals surface area contributed by atoms with Crippen molar-refractivity contribution in [3.8, 4) is 6.07 Å². The molecule has 8 nitrogen and oxygen atoms in total. The Morgan fingerprint density at radius 2 is 1.85 bits per heavy atom. The first kappa shape index (κ1) is 25.8. The zero-order valence-corrected chi connectivity index (χ0v) is 21.3. The number of primary amides is 1. The molecule has 0 bridgehead atoms. The van der Waals surface area contributed by atoms with Crippen molar-refractivity contribution in [2.45, 2.75) is 103 Å². The van der Waals surface area contributed by atoms with Gasteiger partial charge in [0.2, 0.25) is 5.91 Å². The highest BCUT2D eigenvalue weighted by atomic mass is 16.1. The number of hydrogen-bond donors (Lipinski definition) is 5. The number of hydrogen-bond acceptors (Lipinski definition) is 7. The Morgan fingerprint density at radius 1 is 1.09 bits per heavy atom. The second kappa shape index (κ2) is 11.2. The van der Waals surface area contributed by atoms with Crippen molar-refractivity contribution in [1.29, 1.82) is 5.26 Å². The molecular weight excluding hydrogens is 426 g/mol. The molecule has 8 heteroatoms. The first-order valence-electron chi connectivity index (χ1n) is 13.7. The zero-order valence-electron chi connectivity index (χ0n) is 21.3. The quantitative estimate of drug-likeness (QED) is 0.397. The number of rotatable bonds is 6. The molecule has 192 valence electrons. The van der Waals surface area contributed by atoms with E-state index in [-0.39, 0.29) is 41.8 Å². The molecule has 0 spiro atoms. The van der Waals surface area contributed by atoms with Crippen molar-refractivity contribution in [2.75, 3.05) is 19.6 Å². The van der Waals surface area contributed by atoms with E-state index in [4.69, 9.17) is 11.5 Å². The van der Waals surface area contributed by atoms with Crippen molar-refractivity contribution in [2.24, 2.45) is 40.6 Å². The van der Waals surface area contributed by atoms with Crippen LogP contribution in [0.2, 0.25) is 0 Å². The molecule has 1 amide bonds. The van der Waals surface area contributed by atoms with Crippen molar-refractivity contribution in [1.82, 2.24) is 20.9 Å². The third-order valence-electron chi connectivity index (χ3n) is 9.27. The van der Waals surface area contributed by atoms with Gasteiger partial charge in [0, 0.05) is 31.7 Å². The van der Waals surface area contributed by atoms with E-state index in [0.717, 1.165) is 51.1 Å². The second-order valence-electron chi connectivity index (χ2n) is 12.1. The molecule has 4 fully saturated rings. The van der Waals surface area contributed by atoms with Gasteiger partial charge in [-0.05, 0) is 63.7 Å². The van der Waals surface area contributed by atoms with Crippen LogP contribution in [-0.4, -0.2) is 55.0 Å².